The first-order valence-corrected chi connectivity index (χ1v) is 6.30. The zero-order valence-electron chi connectivity index (χ0n) is 11.4. The van der Waals surface area contributed by atoms with Gasteiger partial charge in [0, 0.05) is 26.7 Å². The van der Waals surface area contributed by atoms with Crippen molar-refractivity contribution in [3.05, 3.63) is 29.6 Å². The van der Waals surface area contributed by atoms with E-state index in [4.69, 9.17) is 10.5 Å². The third-order valence-electron chi connectivity index (χ3n) is 2.74. The molecule has 102 valence electrons. The lowest BCUT2D eigenvalue weighted by Crippen LogP contribution is -2.31. The molecular formula is C14H23FN2O. The highest BCUT2D eigenvalue weighted by Crippen LogP contribution is 2.21. The largest absolute Gasteiger partial charge is 0.383 e. The molecule has 4 heteroatoms. The van der Waals surface area contributed by atoms with Gasteiger partial charge in [0.25, 0.3) is 0 Å². The Balaban J connectivity index is 2.89. The number of rotatable bonds is 7. The van der Waals surface area contributed by atoms with Crippen LogP contribution >= 0.6 is 0 Å². The van der Waals surface area contributed by atoms with Gasteiger partial charge in [0.1, 0.15) is 5.82 Å². The van der Waals surface area contributed by atoms with Crippen LogP contribution < -0.4 is 10.6 Å². The van der Waals surface area contributed by atoms with Gasteiger partial charge in [-0.1, -0.05) is 19.9 Å². The van der Waals surface area contributed by atoms with Gasteiger partial charge in [-0.15, -0.1) is 0 Å². The van der Waals surface area contributed by atoms with E-state index in [9.17, 15) is 4.39 Å². The third kappa shape index (κ3) is 4.27. The number of hydrogen-bond donors (Lipinski definition) is 1. The number of nitrogens with zero attached hydrogens (tertiary/aromatic N) is 1. The highest BCUT2D eigenvalue weighted by atomic mass is 19.1. The number of halogens is 1. The molecule has 1 aromatic carbocycles. The van der Waals surface area contributed by atoms with E-state index >= 15 is 0 Å². The smallest absolute Gasteiger partial charge is 0.146 e. The molecule has 0 fully saturated rings. The monoisotopic (exact) mass is 254 g/mol. The standard InChI is InChI=1S/C14H23FN2O/c1-11(2)10-17(6-7-18-3)14-5-4-12(9-16)8-13(14)15/h4-5,8,11H,6-7,9-10,16H2,1-3H3. The maximum atomic E-state index is 14.0. The summed E-state index contributed by atoms with van der Waals surface area (Å²) >= 11 is 0. The van der Waals surface area contributed by atoms with Crippen molar-refractivity contribution in [3.63, 3.8) is 0 Å². The van der Waals surface area contributed by atoms with Crippen LogP contribution in [0.3, 0.4) is 0 Å². The Hall–Kier alpha value is -1.13. The van der Waals surface area contributed by atoms with Crippen LogP contribution in [0.5, 0.6) is 0 Å². The zero-order valence-corrected chi connectivity index (χ0v) is 11.4. The van der Waals surface area contributed by atoms with Crippen LogP contribution in [0.1, 0.15) is 19.4 Å². The van der Waals surface area contributed by atoms with Gasteiger partial charge in [0.15, 0.2) is 0 Å². The summed E-state index contributed by atoms with van der Waals surface area (Å²) < 4.78 is 19.1. The fourth-order valence-electron chi connectivity index (χ4n) is 1.89. The van der Waals surface area contributed by atoms with Crippen LogP contribution in [-0.4, -0.2) is 26.8 Å². The molecule has 0 saturated heterocycles. The molecule has 0 aromatic heterocycles. The SMILES string of the molecule is COCCN(CC(C)C)c1ccc(CN)cc1F. The number of methoxy groups -OCH3 is 1. The number of anilines is 1. The van der Waals surface area contributed by atoms with Crippen molar-refractivity contribution in [2.75, 3.05) is 31.7 Å². The molecule has 0 radical (unpaired) electrons. The molecule has 0 saturated carbocycles. The van der Waals surface area contributed by atoms with Crippen molar-refractivity contribution in [2.24, 2.45) is 11.7 Å². The molecule has 0 spiro atoms. The van der Waals surface area contributed by atoms with Gasteiger partial charge < -0.3 is 15.4 Å². The lowest BCUT2D eigenvalue weighted by Gasteiger charge is -2.27. The van der Waals surface area contributed by atoms with E-state index in [0.29, 0.717) is 31.3 Å². The van der Waals surface area contributed by atoms with E-state index in [1.165, 1.54) is 6.07 Å². The summed E-state index contributed by atoms with van der Waals surface area (Å²) in [6.07, 6.45) is 0. The van der Waals surface area contributed by atoms with Crippen molar-refractivity contribution >= 4 is 5.69 Å². The number of nitrogens with two attached hydrogens (primary N) is 1. The summed E-state index contributed by atoms with van der Waals surface area (Å²) in [6, 6.07) is 5.18. The first-order valence-electron chi connectivity index (χ1n) is 6.30. The molecule has 0 heterocycles. The second-order valence-electron chi connectivity index (χ2n) is 4.82. The van der Waals surface area contributed by atoms with Crippen molar-refractivity contribution in [1.82, 2.24) is 0 Å². The molecule has 3 nitrogen and oxygen atoms in total. The Labute approximate surface area is 109 Å². The van der Waals surface area contributed by atoms with E-state index in [2.05, 4.69) is 13.8 Å². The molecule has 0 bridgehead atoms. The van der Waals surface area contributed by atoms with Crippen LogP contribution in [0.25, 0.3) is 0 Å². The van der Waals surface area contributed by atoms with Gasteiger partial charge >= 0.3 is 0 Å². The Morgan fingerprint density at radius 2 is 2.11 bits per heavy atom. The first-order chi connectivity index (χ1) is 8.58. The van der Waals surface area contributed by atoms with E-state index in [1.54, 1.807) is 13.2 Å². The second-order valence-corrected chi connectivity index (χ2v) is 4.82. The van der Waals surface area contributed by atoms with Gasteiger partial charge in [-0.2, -0.15) is 0 Å². The highest BCUT2D eigenvalue weighted by Gasteiger charge is 2.13. The fourth-order valence-corrected chi connectivity index (χ4v) is 1.89. The van der Waals surface area contributed by atoms with Crippen LogP contribution in [0.15, 0.2) is 18.2 Å². The predicted octanol–water partition coefficient (Wildman–Crippen LogP) is 2.39. The molecule has 0 unspecified atom stereocenters. The van der Waals surface area contributed by atoms with E-state index in [1.807, 2.05) is 11.0 Å². The molecule has 0 aliphatic heterocycles. The van der Waals surface area contributed by atoms with E-state index in [-0.39, 0.29) is 5.82 Å². The highest BCUT2D eigenvalue weighted by molar-refractivity contribution is 5.49. The minimum absolute atomic E-state index is 0.213. The lowest BCUT2D eigenvalue weighted by molar-refractivity contribution is 0.204. The van der Waals surface area contributed by atoms with Crippen molar-refractivity contribution in [3.8, 4) is 0 Å². The maximum Gasteiger partial charge on any atom is 0.146 e. The topological polar surface area (TPSA) is 38.5 Å². The minimum Gasteiger partial charge on any atom is -0.383 e. The van der Waals surface area contributed by atoms with Gasteiger partial charge in [-0.05, 0) is 23.6 Å². The fraction of sp³-hybridized carbons (Fsp3) is 0.571. The quantitative estimate of drug-likeness (QED) is 0.812. The molecule has 0 atom stereocenters. The Morgan fingerprint density at radius 3 is 2.61 bits per heavy atom. The maximum absolute atomic E-state index is 14.0. The molecule has 2 N–H and O–H groups in total. The Kier molecular flexibility index (Phi) is 6.09. The number of benzene rings is 1. The summed E-state index contributed by atoms with van der Waals surface area (Å²) in [6.45, 7) is 6.68. The van der Waals surface area contributed by atoms with Crippen molar-refractivity contribution < 1.29 is 9.13 Å². The summed E-state index contributed by atoms with van der Waals surface area (Å²) in [4.78, 5) is 2.02. The Morgan fingerprint density at radius 1 is 1.39 bits per heavy atom. The predicted molar refractivity (Wildman–Crippen MR) is 73.2 cm³/mol. The average molecular weight is 254 g/mol. The first kappa shape index (κ1) is 14.9. The molecule has 1 rings (SSSR count). The number of ether oxygens (including phenoxy) is 1. The van der Waals surface area contributed by atoms with Gasteiger partial charge in [0.05, 0.1) is 12.3 Å². The van der Waals surface area contributed by atoms with Gasteiger partial charge in [0.2, 0.25) is 0 Å². The van der Waals surface area contributed by atoms with Crippen LogP contribution in [0, 0.1) is 11.7 Å². The van der Waals surface area contributed by atoms with Crippen molar-refractivity contribution in [1.29, 1.82) is 0 Å². The minimum atomic E-state index is -0.213. The van der Waals surface area contributed by atoms with Gasteiger partial charge in [-0.3, -0.25) is 0 Å². The normalized spacial score (nSPS) is 11.0. The summed E-state index contributed by atoms with van der Waals surface area (Å²) in [5.74, 6) is 0.255. The number of hydrogen-bond acceptors (Lipinski definition) is 3. The van der Waals surface area contributed by atoms with Gasteiger partial charge in [-0.25, -0.2) is 4.39 Å². The molecule has 0 aliphatic carbocycles. The summed E-state index contributed by atoms with van der Waals surface area (Å²) in [5, 5.41) is 0. The van der Waals surface area contributed by atoms with E-state index < -0.39 is 0 Å². The average Bonchev–Trinajstić information content (AvgIpc) is 2.34. The zero-order chi connectivity index (χ0) is 13.5. The molecule has 0 aliphatic rings. The van der Waals surface area contributed by atoms with E-state index in [0.717, 1.165) is 12.1 Å². The molecular weight excluding hydrogens is 231 g/mol. The van der Waals surface area contributed by atoms with Crippen LogP contribution in [-0.2, 0) is 11.3 Å². The molecule has 0 amide bonds. The summed E-state index contributed by atoms with van der Waals surface area (Å²) in [5.41, 5.74) is 6.94. The molecule has 1 aromatic rings. The third-order valence-corrected chi connectivity index (χ3v) is 2.74. The van der Waals surface area contributed by atoms with Crippen LogP contribution in [0.4, 0.5) is 10.1 Å². The van der Waals surface area contributed by atoms with Crippen LogP contribution in [0.2, 0.25) is 0 Å². The lowest BCUT2D eigenvalue weighted by atomic mass is 10.1. The Bertz CT molecular complexity index is 369. The molecule has 18 heavy (non-hydrogen) atoms. The second kappa shape index (κ2) is 7.34. The van der Waals surface area contributed by atoms with Crippen molar-refractivity contribution in [2.45, 2.75) is 20.4 Å². The summed E-state index contributed by atoms with van der Waals surface area (Å²) in [7, 11) is 1.65.